The summed E-state index contributed by atoms with van der Waals surface area (Å²) in [5.41, 5.74) is 3.93. The maximum absolute atomic E-state index is 12.4. The zero-order valence-electron chi connectivity index (χ0n) is 15.1. The van der Waals surface area contributed by atoms with Crippen LogP contribution in [0.4, 0.5) is 5.69 Å². The van der Waals surface area contributed by atoms with Gasteiger partial charge in [0, 0.05) is 40.5 Å². The van der Waals surface area contributed by atoms with Gasteiger partial charge < -0.3 is 10.0 Å². The second kappa shape index (κ2) is 8.41. The summed E-state index contributed by atoms with van der Waals surface area (Å²) in [5.74, 6) is -0.269. The Kier molecular flexibility index (Phi) is 5.98. The molecule has 0 aliphatic rings. The van der Waals surface area contributed by atoms with E-state index in [2.05, 4.69) is 29.3 Å². The fourth-order valence-corrected chi connectivity index (χ4v) is 4.20. The molecule has 27 heavy (non-hydrogen) atoms. The molecular weight excluding hydrogens is 382 g/mol. The number of rotatable bonds is 6. The van der Waals surface area contributed by atoms with Crippen LogP contribution in [-0.4, -0.2) is 30.3 Å². The highest BCUT2D eigenvalue weighted by molar-refractivity contribution is 7.21. The highest BCUT2D eigenvalue weighted by Crippen LogP contribution is 2.35. The molecule has 0 atom stereocenters. The number of hydrazone groups is 1. The van der Waals surface area contributed by atoms with Gasteiger partial charge in [0.2, 0.25) is 0 Å². The Morgan fingerprint density at radius 2 is 2.00 bits per heavy atom. The minimum atomic E-state index is -0.378. The molecule has 3 aromatic rings. The van der Waals surface area contributed by atoms with Crippen LogP contribution in [0.15, 0.2) is 47.6 Å². The molecule has 1 aromatic heterocycles. The summed E-state index contributed by atoms with van der Waals surface area (Å²) >= 11 is 7.62. The lowest BCUT2D eigenvalue weighted by molar-refractivity contribution is 0.0959. The second-order valence-electron chi connectivity index (χ2n) is 5.86. The van der Waals surface area contributed by atoms with Crippen molar-refractivity contribution >= 4 is 50.8 Å². The van der Waals surface area contributed by atoms with Gasteiger partial charge in [0.25, 0.3) is 5.91 Å². The fraction of sp³-hybridized carbons (Fsp3) is 0.200. The molecule has 3 rings (SSSR count). The number of nitrogens with zero attached hydrogens (tertiary/aromatic N) is 2. The van der Waals surface area contributed by atoms with Crippen molar-refractivity contribution < 1.29 is 9.90 Å². The predicted molar refractivity (Wildman–Crippen MR) is 114 cm³/mol. The van der Waals surface area contributed by atoms with Gasteiger partial charge in [-0.3, -0.25) is 4.79 Å². The van der Waals surface area contributed by atoms with Gasteiger partial charge in [0.15, 0.2) is 0 Å². The Morgan fingerprint density at radius 3 is 2.67 bits per heavy atom. The lowest BCUT2D eigenvalue weighted by atomic mass is 10.2. The van der Waals surface area contributed by atoms with Crippen LogP contribution in [0.25, 0.3) is 10.1 Å². The summed E-state index contributed by atoms with van der Waals surface area (Å²) in [4.78, 5) is 14.9. The largest absolute Gasteiger partial charge is 0.507 e. The van der Waals surface area contributed by atoms with Crippen LogP contribution < -0.4 is 10.3 Å². The number of thiophene rings is 1. The van der Waals surface area contributed by atoms with Crippen LogP contribution in [0.2, 0.25) is 5.02 Å². The molecule has 0 aliphatic heterocycles. The van der Waals surface area contributed by atoms with E-state index in [1.54, 1.807) is 12.1 Å². The molecule has 0 aliphatic carbocycles. The van der Waals surface area contributed by atoms with E-state index in [1.165, 1.54) is 17.6 Å². The van der Waals surface area contributed by atoms with Gasteiger partial charge in [-0.05, 0) is 32.0 Å². The van der Waals surface area contributed by atoms with Crippen LogP contribution in [0.5, 0.6) is 5.75 Å². The number of anilines is 1. The van der Waals surface area contributed by atoms with Gasteiger partial charge in [-0.25, -0.2) is 5.43 Å². The second-order valence-corrected chi connectivity index (χ2v) is 7.29. The maximum Gasteiger partial charge on any atom is 0.283 e. The van der Waals surface area contributed by atoms with E-state index in [1.807, 2.05) is 30.3 Å². The van der Waals surface area contributed by atoms with E-state index in [0.29, 0.717) is 15.5 Å². The van der Waals surface area contributed by atoms with Crippen molar-refractivity contribution in [2.75, 3.05) is 18.0 Å². The van der Waals surface area contributed by atoms with Crippen molar-refractivity contribution in [3.05, 3.63) is 57.9 Å². The quantitative estimate of drug-likeness (QED) is 0.457. The molecule has 0 spiro atoms. The Hall–Kier alpha value is -2.57. The summed E-state index contributed by atoms with van der Waals surface area (Å²) in [6.45, 7) is 5.83. The van der Waals surface area contributed by atoms with E-state index in [9.17, 15) is 9.90 Å². The maximum atomic E-state index is 12.4. The number of hydrogen-bond donors (Lipinski definition) is 2. The third-order valence-electron chi connectivity index (χ3n) is 4.25. The van der Waals surface area contributed by atoms with E-state index >= 15 is 0 Å². The molecule has 2 N–H and O–H groups in total. The zero-order chi connectivity index (χ0) is 19.4. The number of carbonyl (C=O) groups is 1. The molecule has 5 nitrogen and oxygen atoms in total. The molecule has 0 saturated carbocycles. The SMILES string of the molecule is CCN(CC)c1ccc(C=NNC(=O)c2sc3ccccc3c2Cl)c(O)c1. The average molecular weight is 402 g/mol. The third-order valence-corrected chi connectivity index (χ3v) is 5.93. The molecule has 2 aromatic carbocycles. The number of halogens is 1. The zero-order valence-corrected chi connectivity index (χ0v) is 16.6. The predicted octanol–water partition coefficient (Wildman–Crippen LogP) is 4.87. The van der Waals surface area contributed by atoms with Crippen LogP contribution >= 0.6 is 22.9 Å². The number of benzene rings is 2. The van der Waals surface area contributed by atoms with Crippen molar-refractivity contribution in [1.29, 1.82) is 0 Å². The first-order valence-corrected chi connectivity index (χ1v) is 9.83. The molecular formula is C20H20ClN3O2S. The van der Waals surface area contributed by atoms with Gasteiger partial charge in [-0.1, -0.05) is 29.8 Å². The molecule has 140 valence electrons. The monoisotopic (exact) mass is 401 g/mol. The molecule has 1 amide bonds. The van der Waals surface area contributed by atoms with Crippen molar-refractivity contribution in [3.63, 3.8) is 0 Å². The Morgan fingerprint density at radius 1 is 1.26 bits per heavy atom. The number of fused-ring (bicyclic) bond motifs is 1. The van der Waals surface area contributed by atoms with Crippen LogP contribution in [-0.2, 0) is 0 Å². The van der Waals surface area contributed by atoms with E-state index in [-0.39, 0.29) is 11.7 Å². The van der Waals surface area contributed by atoms with Crippen molar-refractivity contribution in [3.8, 4) is 5.75 Å². The Bertz CT molecular complexity index is 996. The number of amides is 1. The van der Waals surface area contributed by atoms with Crippen molar-refractivity contribution in [2.24, 2.45) is 5.10 Å². The van der Waals surface area contributed by atoms with Gasteiger partial charge in [0.05, 0.1) is 11.2 Å². The summed E-state index contributed by atoms with van der Waals surface area (Å²) in [7, 11) is 0. The fourth-order valence-electron chi connectivity index (χ4n) is 2.80. The molecule has 0 bridgehead atoms. The first kappa shape index (κ1) is 19.2. The van der Waals surface area contributed by atoms with Crippen LogP contribution in [0, 0.1) is 0 Å². The standard InChI is InChI=1S/C20H20ClN3O2S/c1-3-24(4-2)14-10-9-13(16(25)11-14)12-22-23-20(26)19-18(21)15-7-5-6-8-17(15)27-19/h5-12,25H,3-4H2,1-2H3,(H,23,26). The minimum absolute atomic E-state index is 0.109. The molecule has 0 radical (unpaired) electrons. The van der Waals surface area contributed by atoms with Crippen LogP contribution in [0.1, 0.15) is 29.1 Å². The van der Waals surface area contributed by atoms with Gasteiger partial charge in [-0.2, -0.15) is 5.10 Å². The van der Waals surface area contributed by atoms with Gasteiger partial charge in [-0.15, -0.1) is 11.3 Å². The number of carbonyl (C=O) groups excluding carboxylic acids is 1. The van der Waals surface area contributed by atoms with Crippen molar-refractivity contribution in [1.82, 2.24) is 5.43 Å². The molecule has 1 heterocycles. The summed E-state index contributed by atoms with van der Waals surface area (Å²) in [5, 5.41) is 15.4. The van der Waals surface area contributed by atoms with E-state index < -0.39 is 0 Å². The molecule has 0 saturated heterocycles. The summed E-state index contributed by atoms with van der Waals surface area (Å²) in [6, 6.07) is 13.0. The van der Waals surface area contributed by atoms with E-state index in [0.717, 1.165) is 28.9 Å². The molecule has 0 unspecified atom stereocenters. The highest BCUT2D eigenvalue weighted by Gasteiger charge is 2.16. The Balaban J connectivity index is 1.73. The van der Waals surface area contributed by atoms with Crippen LogP contribution in [0.3, 0.4) is 0 Å². The third kappa shape index (κ3) is 4.07. The van der Waals surface area contributed by atoms with Gasteiger partial charge in [0.1, 0.15) is 10.6 Å². The topological polar surface area (TPSA) is 64.9 Å². The lowest BCUT2D eigenvalue weighted by Gasteiger charge is -2.21. The smallest absolute Gasteiger partial charge is 0.283 e. The number of nitrogens with one attached hydrogen (secondary N) is 1. The lowest BCUT2D eigenvalue weighted by Crippen LogP contribution is -2.21. The first-order chi connectivity index (χ1) is 13.0. The Labute approximate surface area is 166 Å². The summed E-state index contributed by atoms with van der Waals surface area (Å²) < 4.78 is 0.946. The van der Waals surface area contributed by atoms with Crippen molar-refractivity contribution in [2.45, 2.75) is 13.8 Å². The van der Waals surface area contributed by atoms with E-state index in [4.69, 9.17) is 11.6 Å². The highest BCUT2D eigenvalue weighted by atomic mass is 35.5. The number of aromatic hydroxyl groups is 1. The number of hydrogen-bond acceptors (Lipinski definition) is 5. The first-order valence-electron chi connectivity index (χ1n) is 8.63. The molecule has 0 fully saturated rings. The number of phenols is 1. The average Bonchev–Trinajstić information content (AvgIpc) is 3.01. The van der Waals surface area contributed by atoms with Gasteiger partial charge >= 0.3 is 0 Å². The molecule has 7 heteroatoms. The minimum Gasteiger partial charge on any atom is -0.507 e. The normalized spacial score (nSPS) is 11.2. The number of phenolic OH excluding ortho intramolecular Hbond substituents is 1. The summed E-state index contributed by atoms with van der Waals surface area (Å²) in [6.07, 6.45) is 1.42.